The van der Waals surface area contributed by atoms with E-state index in [2.05, 4.69) is 5.32 Å². The molecule has 1 amide bonds. The Bertz CT molecular complexity index is 738. The van der Waals surface area contributed by atoms with Crippen LogP contribution in [0.2, 0.25) is 0 Å². The van der Waals surface area contributed by atoms with Crippen LogP contribution in [0.15, 0.2) is 30.3 Å². The maximum Gasteiger partial charge on any atom is 0.326 e. The Morgan fingerprint density at radius 1 is 1.14 bits per heavy atom. The van der Waals surface area contributed by atoms with E-state index in [0.717, 1.165) is 31.2 Å². The van der Waals surface area contributed by atoms with Crippen molar-refractivity contribution in [3.63, 3.8) is 0 Å². The van der Waals surface area contributed by atoms with Crippen molar-refractivity contribution in [2.45, 2.75) is 76.0 Å². The number of carbonyl (C=O) groups is 3. The van der Waals surface area contributed by atoms with Crippen molar-refractivity contribution in [3.8, 4) is 0 Å². The number of carbonyl (C=O) groups excluding carboxylic acids is 1. The average molecular weight is 402 g/mol. The highest BCUT2D eigenvalue weighted by atomic mass is 16.4. The third-order valence-corrected chi connectivity index (χ3v) is 6.31. The number of likely N-dealkylation sites (tertiary alicyclic amines) is 1. The predicted octanol–water partition coefficient (Wildman–Crippen LogP) is 2.29. The second-order valence-corrected chi connectivity index (χ2v) is 8.25. The first-order valence-electron chi connectivity index (χ1n) is 10.5. The summed E-state index contributed by atoms with van der Waals surface area (Å²) in [5.74, 6) is -2.06. The number of aliphatic carboxylic acids is 2. The quantitative estimate of drug-likeness (QED) is 0.616. The summed E-state index contributed by atoms with van der Waals surface area (Å²) in [5, 5.41) is 22.2. The lowest BCUT2D eigenvalue weighted by Crippen LogP contribution is -2.55. The minimum atomic E-state index is -1.01. The first-order chi connectivity index (χ1) is 13.9. The zero-order valence-corrected chi connectivity index (χ0v) is 16.8. The summed E-state index contributed by atoms with van der Waals surface area (Å²) < 4.78 is 0. The Labute approximate surface area is 171 Å². The molecule has 7 nitrogen and oxygen atoms in total. The molecule has 0 radical (unpaired) electrons. The Morgan fingerprint density at radius 2 is 1.83 bits per heavy atom. The summed E-state index contributed by atoms with van der Waals surface area (Å²) in [6.45, 7) is 1.63. The number of carboxylic acid groups (broad SMARTS) is 2. The van der Waals surface area contributed by atoms with Crippen molar-refractivity contribution < 1.29 is 24.6 Å². The normalized spacial score (nSPS) is 25.8. The zero-order valence-electron chi connectivity index (χ0n) is 16.8. The lowest BCUT2D eigenvalue weighted by molar-refractivity contribution is -0.151. The molecule has 0 bridgehead atoms. The minimum Gasteiger partial charge on any atom is -0.480 e. The van der Waals surface area contributed by atoms with Gasteiger partial charge in [-0.05, 0) is 50.5 Å². The van der Waals surface area contributed by atoms with Crippen molar-refractivity contribution in [1.29, 1.82) is 0 Å². The topological polar surface area (TPSA) is 107 Å². The fourth-order valence-corrected chi connectivity index (χ4v) is 4.83. The summed E-state index contributed by atoms with van der Waals surface area (Å²) >= 11 is 0. The van der Waals surface area contributed by atoms with Crippen molar-refractivity contribution in [1.82, 2.24) is 10.2 Å². The molecule has 1 saturated carbocycles. The van der Waals surface area contributed by atoms with Gasteiger partial charge in [0.05, 0.1) is 6.04 Å². The molecule has 3 unspecified atom stereocenters. The number of amides is 1. The maximum absolute atomic E-state index is 13.2. The van der Waals surface area contributed by atoms with Crippen LogP contribution in [-0.4, -0.2) is 57.1 Å². The van der Waals surface area contributed by atoms with E-state index in [9.17, 15) is 24.6 Å². The molecule has 1 aromatic rings. The van der Waals surface area contributed by atoms with Gasteiger partial charge in [-0.2, -0.15) is 0 Å². The third kappa shape index (κ3) is 4.96. The number of rotatable bonds is 8. The second-order valence-electron chi connectivity index (χ2n) is 8.25. The largest absolute Gasteiger partial charge is 0.480 e. The molecule has 29 heavy (non-hydrogen) atoms. The fourth-order valence-electron chi connectivity index (χ4n) is 4.83. The summed E-state index contributed by atoms with van der Waals surface area (Å²) in [4.78, 5) is 38.2. The van der Waals surface area contributed by atoms with Gasteiger partial charge < -0.3 is 15.1 Å². The molecular weight excluding hydrogens is 372 g/mol. The first-order valence-corrected chi connectivity index (χ1v) is 10.5. The minimum absolute atomic E-state index is 0.0470. The van der Waals surface area contributed by atoms with Crippen LogP contribution in [0.5, 0.6) is 0 Å². The number of hydrogen-bond donors (Lipinski definition) is 3. The molecule has 3 N–H and O–H groups in total. The molecule has 1 aromatic carbocycles. The maximum atomic E-state index is 13.2. The van der Waals surface area contributed by atoms with Gasteiger partial charge in [-0.15, -0.1) is 0 Å². The van der Waals surface area contributed by atoms with E-state index in [-0.39, 0.29) is 17.9 Å². The van der Waals surface area contributed by atoms with Gasteiger partial charge in [-0.3, -0.25) is 14.9 Å². The number of hydrogen-bond acceptors (Lipinski definition) is 4. The third-order valence-electron chi connectivity index (χ3n) is 6.31. The number of fused-ring (bicyclic) bond motifs is 1. The molecule has 2 aliphatic rings. The number of carboxylic acids is 2. The molecule has 5 atom stereocenters. The van der Waals surface area contributed by atoms with Gasteiger partial charge in [-0.1, -0.05) is 43.2 Å². The fraction of sp³-hybridized carbons (Fsp3) is 0.591. The summed E-state index contributed by atoms with van der Waals surface area (Å²) in [7, 11) is 0. The molecule has 1 saturated heterocycles. The van der Waals surface area contributed by atoms with Gasteiger partial charge in [0.2, 0.25) is 5.91 Å². The van der Waals surface area contributed by atoms with E-state index in [0.29, 0.717) is 19.3 Å². The number of nitrogens with one attached hydrogen (secondary N) is 1. The van der Waals surface area contributed by atoms with Crippen molar-refractivity contribution in [2.24, 2.45) is 5.92 Å². The van der Waals surface area contributed by atoms with Crippen LogP contribution in [0.3, 0.4) is 0 Å². The van der Waals surface area contributed by atoms with Crippen LogP contribution in [0.4, 0.5) is 0 Å². The number of nitrogens with zero attached hydrogens (tertiary/aromatic N) is 1. The van der Waals surface area contributed by atoms with Gasteiger partial charge in [0.1, 0.15) is 12.1 Å². The van der Waals surface area contributed by atoms with Gasteiger partial charge >= 0.3 is 11.9 Å². The highest BCUT2D eigenvalue weighted by Gasteiger charge is 2.48. The molecule has 1 aliphatic carbocycles. The highest BCUT2D eigenvalue weighted by molar-refractivity contribution is 5.88. The van der Waals surface area contributed by atoms with E-state index >= 15 is 0 Å². The SMILES string of the molecule is CC(N[C@@H](CCc1ccccc1)C(=O)O)C(=O)N1C(C(=O)O)CC2CCCC[C@@H]21. The van der Waals surface area contributed by atoms with Crippen LogP contribution in [0.25, 0.3) is 0 Å². The smallest absolute Gasteiger partial charge is 0.326 e. The Morgan fingerprint density at radius 3 is 2.48 bits per heavy atom. The van der Waals surface area contributed by atoms with E-state index in [4.69, 9.17) is 0 Å². The monoisotopic (exact) mass is 402 g/mol. The van der Waals surface area contributed by atoms with Crippen molar-refractivity contribution >= 4 is 17.8 Å². The number of benzene rings is 1. The molecule has 1 aliphatic heterocycles. The Balaban J connectivity index is 1.66. The van der Waals surface area contributed by atoms with E-state index in [1.807, 2.05) is 30.3 Å². The molecule has 2 fully saturated rings. The zero-order chi connectivity index (χ0) is 21.0. The van der Waals surface area contributed by atoms with Gasteiger partial charge in [0.25, 0.3) is 0 Å². The predicted molar refractivity (Wildman–Crippen MR) is 107 cm³/mol. The van der Waals surface area contributed by atoms with E-state index in [1.54, 1.807) is 6.92 Å². The van der Waals surface area contributed by atoms with Gasteiger partial charge in [-0.25, -0.2) is 4.79 Å². The molecule has 3 rings (SSSR count). The molecule has 0 spiro atoms. The van der Waals surface area contributed by atoms with Crippen molar-refractivity contribution in [3.05, 3.63) is 35.9 Å². The van der Waals surface area contributed by atoms with Crippen LogP contribution in [0, 0.1) is 5.92 Å². The average Bonchev–Trinajstić information content (AvgIpc) is 3.10. The highest BCUT2D eigenvalue weighted by Crippen LogP contribution is 2.40. The van der Waals surface area contributed by atoms with Crippen molar-refractivity contribution in [2.75, 3.05) is 0 Å². The lowest BCUT2D eigenvalue weighted by Gasteiger charge is -2.35. The van der Waals surface area contributed by atoms with Crippen LogP contribution >= 0.6 is 0 Å². The summed E-state index contributed by atoms with van der Waals surface area (Å²) in [6, 6.07) is 7.12. The molecule has 7 heteroatoms. The first kappa shape index (κ1) is 21.3. The van der Waals surface area contributed by atoms with Crippen LogP contribution < -0.4 is 5.32 Å². The molecule has 1 heterocycles. The summed E-state index contributed by atoms with van der Waals surface area (Å²) in [6.07, 6.45) is 5.27. The molecular formula is C22H30N2O5. The van der Waals surface area contributed by atoms with Gasteiger partial charge in [0.15, 0.2) is 0 Å². The second kappa shape index (κ2) is 9.39. The Hall–Kier alpha value is -2.41. The van der Waals surface area contributed by atoms with E-state index in [1.165, 1.54) is 4.90 Å². The Kier molecular flexibility index (Phi) is 6.90. The summed E-state index contributed by atoms with van der Waals surface area (Å²) in [5.41, 5.74) is 1.04. The van der Waals surface area contributed by atoms with Crippen LogP contribution in [-0.2, 0) is 20.8 Å². The molecule has 158 valence electrons. The lowest BCUT2D eigenvalue weighted by atomic mass is 9.84. The molecule has 0 aromatic heterocycles. The van der Waals surface area contributed by atoms with Gasteiger partial charge in [0, 0.05) is 6.04 Å². The standard InChI is InChI=1S/C22H30N2O5/c1-14(23-17(21(26)27)12-11-15-7-3-2-4-8-15)20(25)24-18-10-6-5-9-16(18)13-19(24)22(28)29/h2-4,7-8,14,16-19,23H,5-6,9-13H2,1H3,(H,26,27)(H,28,29)/t14?,16?,17-,18-,19?/m0/s1. The van der Waals surface area contributed by atoms with Crippen LogP contribution in [0.1, 0.15) is 51.0 Å². The van der Waals surface area contributed by atoms with E-state index < -0.39 is 30.1 Å². The number of aryl methyl sites for hydroxylation is 1.